The fourth-order valence-corrected chi connectivity index (χ4v) is 5.54. The van der Waals surface area contributed by atoms with E-state index in [9.17, 15) is 14.5 Å². The molecule has 0 aromatic rings. The molecule has 0 spiro atoms. The summed E-state index contributed by atoms with van der Waals surface area (Å²) in [7, 11) is -1.42. The molecule has 0 saturated heterocycles. The van der Waals surface area contributed by atoms with Gasteiger partial charge in [0.25, 0.3) is 0 Å². The first-order chi connectivity index (χ1) is 18.4. The molecule has 0 aliphatic rings. The minimum atomic E-state index is -2.52. The van der Waals surface area contributed by atoms with E-state index in [-0.39, 0.29) is 6.61 Å². The molecule has 5 atom stereocenters. The molecule has 0 aromatic heterocycles. The Labute approximate surface area is 241 Å². The number of esters is 1. The largest absolute Gasteiger partial charge is 0.472 e. The van der Waals surface area contributed by atoms with Crippen LogP contribution in [0.25, 0.3) is 0 Å². The average Bonchev–Trinajstić information content (AvgIpc) is 2.90. The van der Waals surface area contributed by atoms with Gasteiger partial charge >= 0.3 is 20.0 Å². The van der Waals surface area contributed by atoms with Crippen molar-refractivity contribution < 1.29 is 28.7 Å². The molecule has 0 heterocycles. The molecule has 6 nitrogen and oxygen atoms in total. The predicted molar refractivity (Wildman–Crippen MR) is 162 cm³/mol. The summed E-state index contributed by atoms with van der Waals surface area (Å²) in [6.07, 6.45) is 23.6. The van der Waals surface area contributed by atoms with Crippen molar-refractivity contribution in [3.05, 3.63) is 0 Å². The van der Waals surface area contributed by atoms with Gasteiger partial charge in [0.15, 0.2) is 6.29 Å². The first kappa shape index (κ1) is 37.8. The number of hydrogen-bond donors (Lipinski definition) is 2. The summed E-state index contributed by atoms with van der Waals surface area (Å²) >= 11 is 4.68. The summed E-state index contributed by atoms with van der Waals surface area (Å²) in [6.45, 7) is 8.00. The van der Waals surface area contributed by atoms with Crippen LogP contribution >= 0.6 is 21.1 Å². The van der Waals surface area contributed by atoms with Crippen LogP contribution in [0.5, 0.6) is 0 Å². The lowest BCUT2D eigenvalue weighted by molar-refractivity contribution is -0.258. The van der Waals surface area contributed by atoms with Crippen molar-refractivity contribution in [3.8, 4) is 0 Å². The molecule has 8 heteroatoms. The van der Waals surface area contributed by atoms with Gasteiger partial charge in [-0.25, -0.2) is 4.79 Å². The van der Waals surface area contributed by atoms with Crippen molar-refractivity contribution in [1.29, 1.82) is 0 Å². The van der Waals surface area contributed by atoms with Crippen molar-refractivity contribution in [2.75, 3.05) is 6.61 Å². The van der Waals surface area contributed by atoms with Crippen LogP contribution in [0.4, 0.5) is 0 Å². The average molecular weight is 580 g/mol. The van der Waals surface area contributed by atoms with Gasteiger partial charge in [0, 0.05) is 0 Å². The lowest BCUT2D eigenvalue weighted by Gasteiger charge is -2.26. The topological polar surface area (TPSA) is 82.1 Å². The van der Waals surface area contributed by atoms with Crippen LogP contribution in [0.3, 0.4) is 0 Å². The highest BCUT2D eigenvalue weighted by molar-refractivity contribution is 7.80. The van der Waals surface area contributed by atoms with E-state index in [4.69, 9.17) is 14.2 Å². The van der Waals surface area contributed by atoms with E-state index < -0.39 is 31.7 Å². The maximum atomic E-state index is 12.0. The van der Waals surface area contributed by atoms with Gasteiger partial charge in [-0.1, -0.05) is 141 Å². The summed E-state index contributed by atoms with van der Waals surface area (Å²) in [5.74, 6) is -0.548. The zero-order valence-corrected chi connectivity index (χ0v) is 26.9. The van der Waals surface area contributed by atoms with E-state index in [1.54, 1.807) is 6.92 Å². The zero-order valence-electron chi connectivity index (χ0n) is 25.0. The SMILES string of the molecule is CCCCCCCCCCCCC(CCCCCCCC)CC(S)OC(CC)OC(O)([PH+]=O)C(=O)OCC. The first-order valence-electron chi connectivity index (χ1n) is 15.7. The molecule has 0 fully saturated rings. The predicted octanol–water partition coefficient (Wildman–Crippen LogP) is 9.31. The van der Waals surface area contributed by atoms with Crippen molar-refractivity contribution >= 4 is 27.1 Å². The number of unbranched alkanes of at least 4 members (excludes halogenated alkanes) is 14. The molecule has 0 amide bonds. The minimum absolute atomic E-state index is 0.0565. The number of ether oxygens (including phenoxy) is 3. The van der Waals surface area contributed by atoms with Crippen LogP contribution in [0, 0.1) is 5.92 Å². The standard InChI is InChI=1S/C30H59O6PS/c1-5-9-11-13-15-16-17-18-20-22-24-26(23-21-19-14-12-10-6-2)25-28(38)35-27(7-3)36-30(32,37-33)29(31)34-8-4/h26-28,32,38H,5-25H2,1-4H3/p+1. The summed E-state index contributed by atoms with van der Waals surface area (Å²) in [5, 5.41) is 10.4. The van der Waals surface area contributed by atoms with Gasteiger partial charge in [0.2, 0.25) is 0 Å². The van der Waals surface area contributed by atoms with Crippen LogP contribution in [-0.2, 0) is 23.6 Å². The van der Waals surface area contributed by atoms with Crippen molar-refractivity contribution in [3.63, 3.8) is 0 Å². The summed E-state index contributed by atoms with van der Waals surface area (Å²) in [6, 6.07) is 0. The molecule has 0 aromatic carbocycles. The highest BCUT2D eigenvalue weighted by Crippen LogP contribution is 2.30. The Morgan fingerprint density at radius 2 is 1.24 bits per heavy atom. The number of carbonyl (C=O) groups excluding carboxylic acids is 1. The molecular formula is C30H60O6PS+. The van der Waals surface area contributed by atoms with Gasteiger partial charge in [0.1, 0.15) is 5.44 Å². The summed E-state index contributed by atoms with van der Waals surface area (Å²) in [5.41, 5.74) is -2.91. The van der Waals surface area contributed by atoms with E-state index in [0.717, 1.165) is 19.3 Å². The second-order valence-corrected chi connectivity index (χ2v) is 12.1. The molecule has 5 unspecified atom stereocenters. The smallest absolute Gasteiger partial charge is 0.458 e. The number of carbonyl (C=O) groups is 1. The van der Waals surface area contributed by atoms with Gasteiger partial charge in [-0.2, -0.15) is 0 Å². The van der Waals surface area contributed by atoms with Gasteiger partial charge in [0.05, 0.1) is 6.61 Å². The molecule has 0 bridgehead atoms. The van der Waals surface area contributed by atoms with Crippen LogP contribution in [-0.4, -0.2) is 34.9 Å². The third-order valence-corrected chi connectivity index (χ3v) is 8.03. The van der Waals surface area contributed by atoms with Crippen LogP contribution in [0.2, 0.25) is 0 Å². The quantitative estimate of drug-likeness (QED) is 0.0316. The van der Waals surface area contributed by atoms with Gasteiger partial charge in [-0.15, -0.1) is 12.6 Å². The molecule has 38 heavy (non-hydrogen) atoms. The highest BCUT2D eigenvalue weighted by atomic mass is 32.1. The molecule has 0 aliphatic carbocycles. The Kier molecular flexibility index (Phi) is 25.6. The van der Waals surface area contributed by atoms with Gasteiger partial charge < -0.3 is 14.6 Å². The number of thiol groups is 1. The third kappa shape index (κ3) is 19.8. The Morgan fingerprint density at radius 1 is 0.789 bits per heavy atom. The molecular weight excluding hydrogens is 519 g/mol. The summed E-state index contributed by atoms with van der Waals surface area (Å²) < 4.78 is 27.7. The van der Waals surface area contributed by atoms with Gasteiger partial charge in [-0.05, 0) is 25.7 Å². The van der Waals surface area contributed by atoms with Crippen LogP contribution in [0.1, 0.15) is 156 Å². The third-order valence-electron chi connectivity index (χ3n) is 7.10. The van der Waals surface area contributed by atoms with E-state index in [1.165, 1.54) is 103 Å². The number of hydrogen-bond acceptors (Lipinski definition) is 7. The molecule has 0 radical (unpaired) electrons. The molecule has 1 N–H and O–H groups in total. The molecule has 0 aliphatic heterocycles. The second-order valence-electron chi connectivity index (χ2n) is 10.6. The van der Waals surface area contributed by atoms with Crippen molar-refractivity contribution in [2.45, 2.75) is 173 Å². The molecule has 0 saturated carbocycles. The number of rotatable bonds is 28. The fourth-order valence-electron chi connectivity index (χ4n) is 4.77. The number of aliphatic hydroxyl groups is 1. The summed E-state index contributed by atoms with van der Waals surface area (Å²) in [4.78, 5) is 12.0. The maximum Gasteiger partial charge on any atom is 0.472 e. The normalized spacial score (nSPS) is 15.7. The fraction of sp³-hybridized carbons (Fsp3) is 0.967. The Balaban J connectivity index is 4.66. The van der Waals surface area contributed by atoms with Crippen molar-refractivity contribution in [2.24, 2.45) is 5.92 Å². The van der Waals surface area contributed by atoms with Gasteiger partial charge in [-0.3, -0.25) is 4.74 Å². The van der Waals surface area contributed by atoms with E-state index in [2.05, 4.69) is 26.5 Å². The molecule has 226 valence electrons. The Bertz CT molecular complexity index is 567. The highest BCUT2D eigenvalue weighted by Gasteiger charge is 2.51. The minimum Gasteiger partial charge on any atom is -0.458 e. The molecule has 0 rings (SSSR count). The van der Waals surface area contributed by atoms with E-state index in [0.29, 0.717) is 12.3 Å². The van der Waals surface area contributed by atoms with E-state index in [1.807, 2.05) is 6.92 Å². The maximum absolute atomic E-state index is 12.0. The Morgan fingerprint density at radius 3 is 1.63 bits per heavy atom. The second kappa shape index (κ2) is 25.7. The lowest BCUT2D eigenvalue weighted by atomic mass is 9.91. The zero-order chi connectivity index (χ0) is 28.5. The Hall–Kier alpha value is -0.200. The van der Waals surface area contributed by atoms with Crippen LogP contribution < -0.4 is 0 Å². The van der Waals surface area contributed by atoms with E-state index >= 15 is 0 Å². The lowest BCUT2D eigenvalue weighted by Crippen LogP contribution is -2.42. The van der Waals surface area contributed by atoms with Crippen molar-refractivity contribution in [1.82, 2.24) is 0 Å². The first-order valence-corrected chi connectivity index (χ1v) is 17.1. The van der Waals surface area contributed by atoms with Crippen LogP contribution in [0.15, 0.2) is 0 Å². The monoisotopic (exact) mass is 579 g/mol.